The molecule has 0 unspecified atom stereocenters. The van der Waals surface area contributed by atoms with Crippen molar-refractivity contribution in [1.29, 1.82) is 5.26 Å². The number of halogens is 4. The summed E-state index contributed by atoms with van der Waals surface area (Å²) in [6, 6.07) is 2.40. The highest BCUT2D eigenvalue weighted by Crippen LogP contribution is 2.51. The van der Waals surface area contributed by atoms with E-state index in [-0.39, 0.29) is 11.3 Å². The Bertz CT molecular complexity index is 1030. The first kappa shape index (κ1) is 17.2. The molecule has 3 rings (SSSR count). The summed E-state index contributed by atoms with van der Waals surface area (Å²) in [6.45, 7) is 0. The summed E-state index contributed by atoms with van der Waals surface area (Å²) in [6.07, 6.45) is -10.1. The number of hydrogen-bond donors (Lipinski definition) is 1. The van der Waals surface area contributed by atoms with Crippen molar-refractivity contribution in [3.05, 3.63) is 11.9 Å². The van der Waals surface area contributed by atoms with Gasteiger partial charge in [0.2, 0.25) is 15.8 Å². The van der Waals surface area contributed by atoms with E-state index in [1.54, 1.807) is 6.07 Å². The number of imidazole rings is 1. The summed E-state index contributed by atoms with van der Waals surface area (Å²) in [4.78, 5) is 5.13. The van der Waals surface area contributed by atoms with Crippen LogP contribution in [0.4, 0.5) is 17.6 Å². The van der Waals surface area contributed by atoms with E-state index in [1.807, 2.05) is 0 Å². The summed E-state index contributed by atoms with van der Waals surface area (Å²) in [5.74, 6) is -2.41. The van der Waals surface area contributed by atoms with Gasteiger partial charge in [0.25, 0.3) is 0 Å². The van der Waals surface area contributed by atoms with Crippen LogP contribution >= 0.6 is 0 Å². The molecule has 134 valence electrons. The third kappa shape index (κ3) is 2.36. The number of aromatic nitrogens is 2. The van der Waals surface area contributed by atoms with Crippen molar-refractivity contribution >= 4 is 21.1 Å². The number of sulfonamides is 1. The Morgan fingerprint density at radius 3 is 2.40 bits per heavy atom. The Kier molecular flexibility index (Phi) is 3.42. The Morgan fingerprint density at radius 2 is 1.84 bits per heavy atom. The molecule has 0 saturated carbocycles. The number of H-pyrrole nitrogens is 1. The first-order valence-electron chi connectivity index (χ1n) is 6.44. The average molecular weight is 380 g/mol. The summed E-state index contributed by atoms with van der Waals surface area (Å²) < 4.78 is 87.4. The van der Waals surface area contributed by atoms with E-state index in [0.717, 1.165) is 20.2 Å². The lowest BCUT2D eigenvalue weighted by molar-refractivity contribution is -0.392. The van der Waals surface area contributed by atoms with Crippen molar-refractivity contribution in [2.45, 2.75) is 17.1 Å². The summed E-state index contributed by atoms with van der Waals surface area (Å²) in [5.41, 5.74) is -0.603. The SMILES string of the molecule is CN(C)S(=O)(=O)c1c2c(cc3[nH]c(C#N)nc13)OC(F)(F)C(F)(F)O2. The minimum absolute atomic E-state index is 0.180. The fraction of sp³-hybridized carbons (Fsp3) is 0.333. The first-order valence-corrected chi connectivity index (χ1v) is 7.88. The first-order chi connectivity index (χ1) is 11.4. The number of alkyl halides is 4. The number of fused-ring (bicyclic) bond motifs is 2. The van der Waals surface area contributed by atoms with Gasteiger partial charge < -0.3 is 14.5 Å². The van der Waals surface area contributed by atoms with E-state index >= 15 is 0 Å². The lowest BCUT2D eigenvalue weighted by Gasteiger charge is -2.33. The molecule has 2 aromatic rings. The lowest BCUT2D eigenvalue weighted by atomic mass is 10.2. The Morgan fingerprint density at radius 1 is 1.24 bits per heavy atom. The number of benzene rings is 1. The molecule has 1 aromatic heterocycles. The molecule has 0 atom stereocenters. The molecule has 0 fully saturated rings. The third-order valence-electron chi connectivity index (χ3n) is 3.30. The Balaban J connectivity index is 2.44. The largest absolute Gasteiger partial charge is 0.507 e. The smallest absolute Gasteiger partial charge is 0.421 e. The van der Waals surface area contributed by atoms with Gasteiger partial charge in [-0.15, -0.1) is 0 Å². The number of hydrogen-bond acceptors (Lipinski definition) is 6. The molecule has 25 heavy (non-hydrogen) atoms. The van der Waals surface area contributed by atoms with Gasteiger partial charge in [0.05, 0.1) is 5.52 Å². The third-order valence-corrected chi connectivity index (χ3v) is 5.16. The maximum Gasteiger partial charge on any atom is 0.507 e. The molecule has 0 amide bonds. The predicted molar refractivity (Wildman–Crippen MR) is 72.8 cm³/mol. The van der Waals surface area contributed by atoms with Crippen LogP contribution in [0.1, 0.15) is 5.82 Å². The highest BCUT2D eigenvalue weighted by molar-refractivity contribution is 7.89. The van der Waals surface area contributed by atoms with Gasteiger partial charge >= 0.3 is 12.2 Å². The topological polar surface area (TPSA) is 108 Å². The molecule has 13 heteroatoms. The quantitative estimate of drug-likeness (QED) is 0.794. The van der Waals surface area contributed by atoms with Gasteiger partial charge in [-0.3, -0.25) is 0 Å². The van der Waals surface area contributed by atoms with Crippen molar-refractivity contribution in [3.63, 3.8) is 0 Å². The number of nitrogens with zero attached hydrogens (tertiary/aromatic N) is 3. The van der Waals surface area contributed by atoms with Crippen molar-refractivity contribution in [1.82, 2.24) is 14.3 Å². The van der Waals surface area contributed by atoms with E-state index in [4.69, 9.17) is 5.26 Å². The van der Waals surface area contributed by atoms with Gasteiger partial charge in [0.1, 0.15) is 11.6 Å². The second-order valence-corrected chi connectivity index (χ2v) is 7.24. The highest BCUT2D eigenvalue weighted by Gasteiger charge is 2.66. The van der Waals surface area contributed by atoms with Crippen molar-refractivity contribution < 1.29 is 35.5 Å². The lowest BCUT2D eigenvalue weighted by Crippen LogP contribution is -2.52. The van der Waals surface area contributed by atoms with E-state index < -0.39 is 44.2 Å². The number of ether oxygens (including phenoxy) is 2. The van der Waals surface area contributed by atoms with E-state index in [1.165, 1.54) is 0 Å². The minimum atomic E-state index is -5.11. The van der Waals surface area contributed by atoms with Crippen LogP contribution in [-0.4, -0.2) is 49.0 Å². The Labute approximate surface area is 137 Å². The molecule has 0 saturated heterocycles. The van der Waals surface area contributed by atoms with Gasteiger partial charge in [-0.25, -0.2) is 17.7 Å². The molecular formula is C12H8F4N4O4S. The van der Waals surface area contributed by atoms with Crippen LogP contribution in [0.25, 0.3) is 11.0 Å². The minimum Gasteiger partial charge on any atom is -0.421 e. The number of aromatic amines is 1. The van der Waals surface area contributed by atoms with Crippen molar-refractivity contribution in [3.8, 4) is 17.6 Å². The standard InChI is InChI=1S/C12H8F4N4O4S/c1-20(2)25(21,22)10-8-5(18-7(4-17)19-8)3-6-9(10)24-12(15,16)11(13,14)23-6/h3H,1-2H3,(H,18,19). The van der Waals surface area contributed by atoms with E-state index in [2.05, 4.69) is 19.4 Å². The second-order valence-electron chi connectivity index (χ2n) is 5.15. The van der Waals surface area contributed by atoms with Crippen molar-refractivity contribution in [2.24, 2.45) is 0 Å². The summed E-state index contributed by atoms with van der Waals surface area (Å²) in [7, 11) is -2.28. The fourth-order valence-electron chi connectivity index (χ4n) is 2.11. The van der Waals surface area contributed by atoms with Gasteiger partial charge in [-0.2, -0.15) is 22.8 Å². The van der Waals surface area contributed by atoms with Crippen LogP contribution in [0.3, 0.4) is 0 Å². The summed E-state index contributed by atoms with van der Waals surface area (Å²) >= 11 is 0. The average Bonchev–Trinajstić information content (AvgIpc) is 2.87. The van der Waals surface area contributed by atoms with Gasteiger partial charge in [0.15, 0.2) is 16.4 Å². The molecule has 1 aliphatic heterocycles. The molecule has 0 spiro atoms. The number of rotatable bonds is 2. The zero-order valence-corrected chi connectivity index (χ0v) is 13.3. The normalized spacial score (nSPS) is 18.3. The monoisotopic (exact) mass is 380 g/mol. The van der Waals surface area contributed by atoms with Crippen LogP contribution < -0.4 is 9.47 Å². The molecule has 0 radical (unpaired) electrons. The predicted octanol–water partition coefficient (Wildman–Crippen LogP) is 1.64. The van der Waals surface area contributed by atoms with E-state index in [9.17, 15) is 26.0 Å². The fourth-order valence-corrected chi connectivity index (χ4v) is 3.25. The van der Waals surface area contributed by atoms with Crippen LogP contribution in [0.15, 0.2) is 11.0 Å². The van der Waals surface area contributed by atoms with Crippen LogP contribution in [-0.2, 0) is 10.0 Å². The maximum absolute atomic E-state index is 13.5. The van der Waals surface area contributed by atoms with E-state index in [0.29, 0.717) is 4.31 Å². The molecule has 1 N–H and O–H groups in total. The molecule has 2 heterocycles. The molecule has 0 bridgehead atoms. The molecular weight excluding hydrogens is 372 g/mol. The molecule has 1 aliphatic rings. The Hall–Kier alpha value is -2.59. The van der Waals surface area contributed by atoms with Crippen LogP contribution in [0.2, 0.25) is 0 Å². The highest BCUT2D eigenvalue weighted by atomic mass is 32.2. The van der Waals surface area contributed by atoms with Crippen molar-refractivity contribution in [2.75, 3.05) is 14.1 Å². The molecule has 8 nitrogen and oxygen atoms in total. The van der Waals surface area contributed by atoms with Crippen LogP contribution in [0, 0.1) is 11.3 Å². The zero-order chi connectivity index (χ0) is 18.8. The van der Waals surface area contributed by atoms with Gasteiger partial charge in [-0.05, 0) is 0 Å². The molecule has 0 aliphatic carbocycles. The molecule has 1 aromatic carbocycles. The van der Waals surface area contributed by atoms with Gasteiger partial charge in [-0.1, -0.05) is 0 Å². The summed E-state index contributed by atoms with van der Waals surface area (Å²) in [5, 5.41) is 8.87. The maximum atomic E-state index is 13.5. The van der Waals surface area contributed by atoms with Crippen LogP contribution in [0.5, 0.6) is 11.5 Å². The number of nitriles is 1. The zero-order valence-electron chi connectivity index (χ0n) is 12.5. The number of nitrogens with one attached hydrogen (secondary N) is 1. The second kappa shape index (κ2) is 4.96. The van der Waals surface area contributed by atoms with Gasteiger partial charge in [0, 0.05) is 20.2 Å².